The van der Waals surface area contributed by atoms with Gasteiger partial charge in [0.25, 0.3) is 3.79 Å². The Hall–Kier alpha value is -2.56. The summed E-state index contributed by atoms with van der Waals surface area (Å²) >= 11 is 17.4. The van der Waals surface area contributed by atoms with E-state index in [2.05, 4.69) is 10.0 Å². The topological polar surface area (TPSA) is 136 Å². The van der Waals surface area contributed by atoms with Crippen LogP contribution in [0.15, 0.2) is 65.8 Å². The molecule has 0 radical (unpaired) electrons. The lowest BCUT2D eigenvalue weighted by Gasteiger charge is -2.44. The predicted molar refractivity (Wildman–Crippen MR) is 137 cm³/mol. The molecule has 1 fully saturated rings. The Morgan fingerprint density at radius 3 is 2.05 bits per heavy atom. The fraction of sp³-hybridized carbons (Fsp3) is 0.417. The van der Waals surface area contributed by atoms with E-state index < -0.39 is 46.3 Å². The number of hydrogen-bond acceptors (Lipinski definition) is 8. The van der Waals surface area contributed by atoms with Gasteiger partial charge in [-0.25, -0.2) is 0 Å². The summed E-state index contributed by atoms with van der Waals surface area (Å²) in [5.74, 6) is -1.30. The van der Waals surface area contributed by atoms with Crippen molar-refractivity contribution in [2.75, 3.05) is 6.61 Å². The van der Waals surface area contributed by atoms with Crippen LogP contribution < -0.4 is 0 Å². The van der Waals surface area contributed by atoms with E-state index in [1.807, 2.05) is 60.7 Å². The highest BCUT2D eigenvalue weighted by atomic mass is 35.6. The molecule has 37 heavy (non-hydrogen) atoms. The Bertz CT molecular complexity index is 1080. The SMILES string of the molecule is CC(=O)OC[C@H]1OC(OC(=N)C(Cl)(Cl)Cl)[C@H](N=[N+]=[N-])[C@@H](OCc2ccccc2)[C@@H]1OCc1ccccc1. The van der Waals surface area contributed by atoms with Gasteiger partial charge in [0.1, 0.15) is 31.0 Å². The van der Waals surface area contributed by atoms with Crippen molar-refractivity contribution in [3.63, 3.8) is 0 Å². The number of benzene rings is 2. The zero-order valence-electron chi connectivity index (χ0n) is 19.7. The van der Waals surface area contributed by atoms with Gasteiger partial charge in [0.2, 0.25) is 12.2 Å². The molecule has 0 aliphatic carbocycles. The van der Waals surface area contributed by atoms with Gasteiger partial charge in [-0.15, -0.1) is 0 Å². The van der Waals surface area contributed by atoms with Gasteiger partial charge in [-0.2, -0.15) is 0 Å². The van der Waals surface area contributed by atoms with Crippen LogP contribution in [0.25, 0.3) is 10.4 Å². The van der Waals surface area contributed by atoms with Crippen LogP contribution in [0.1, 0.15) is 18.1 Å². The largest absolute Gasteiger partial charge is 0.463 e. The Balaban J connectivity index is 1.95. The number of nitrogens with zero attached hydrogens (tertiary/aromatic N) is 3. The summed E-state index contributed by atoms with van der Waals surface area (Å²) in [6.45, 7) is 1.31. The summed E-state index contributed by atoms with van der Waals surface area (Å²) in [6, 6.07) is 17.5. The number of carbonyl (C=O) groups excluding carboxylic acids is 1. The van der Waals surface area contributed by atoms with Crippen LogP contribution in [-0.4, -0.2) is 52.9 Å². The van der Waals surface area contributed by atoms with E-state index in [0.717, 1.165) is 11.1 Å². The maximum absolute atomic E-state index is 11.6. The average Bonchev–Trinajstić information content (AvgIpc) is 2.87. The first-order valence-corrected chi connectivity index (χ1v) is 12.3. The van der Waals surface area contributed by atoms with E-state index in [9.17, 15) is 10.3 Å². The van der Waals surface area contributed by atoms with E-state index in [0.29, 0.717) is 0 Å². The zero-order valence-corrected chi connectivity index (χ0v) is 22.0. The maximum atomic E-state index is 11.6. The van der Waals surface area contributed by atoms with E-state index in [1.165, 1.54) is 6.92 Å². The van der Waals surface area contributed by atoms with Gasteiger partial charge in [-0.05, 0) is 16.7 Å². The molecule has 2 aromatic carbocycles. The lowest BCUT2D eigenvalue weighted by atomic mass is 9.96. The molecule has 2 aromatic rings. The number of nitrogens with one attached hydrogen (secondary N) is 1. The van der Waals surface area contributed by atoms with Gasteiger partial charge < -0.3 is 23.7 Å². The molecule has 0 aromatic heterocycles. The molecular formula is C24H25Cl3N4O6. The Kier molecular flexibility index (Phi) is 10.8. The molecule has 1 saturated heterocycles. The first-order chi connectivity index (χ1) is 17.7. The Morgan fingerprint density at radius 2 is 1.57 bits per heavy atom. The van der Waals surface area contributed by atoms with Crippen molar-refractivity contribution in [3.8, 4) is 0 Å². The lowest BCUT2D eigenvalue weighted by molar-refractivity contribution is -0.267. The van der Waals surface area contributed by atoms with E-state index in [-0.39, 0.29) is 19.8 Å². The molecule has 1 aliphatic rings. The molecule has 3 rings (SSSR count). The van der Waals surface area contributed by atoms with Crippen LogP contribution in [0.3, 0.4) is 0 Å². The van der Waals surface area contributed by atoms with Crippen molar-refractivity contribution in [2.24, 2.45) is 5.11 Å². The molecule has 10 nitrogen and oxygen atoms in total. The van der Waals surface area contributed by atoms with Crippen molar-refractivity contribution in [1.82, 2.24) is 0 Å². The van der Waals surface area contributed by atoms with Crippen LogP contribution in [0.5, 0.6) is 0 Å². The van der Waals surface area contributed by atoms with Crippen LogP contribution in [-0.2, 0) is 41.7 Å². The quantitative estimate of drug-likeness (QED) is 0.0762. The number of alkyl halides is 3. The highest BCUT2D eigenvalue weighted by Gasteiger charge is 2.50. The van der Waals surface area contributed by atoms with Crippen molar-refractivity contribution >= 4 is 46.7 Å². The Labute approximate surface area is 228 Å². The molecule has 1 unspecified atom stereocenters. The fourth-order valence-corrected chi connectivity index (χ4v) is 3.75. The third-order valence-corrected chi connectivity index (χ3v) is 5.83. The van der Waals surface area contributed by atoms with E-state index in [1.54, 1.807) is 0 Å². The summed E-state index contributed by atoms with van der Waals surface area (Å²) in [5, 5.41) is 11.8. The van der Waals surface area contributed by atoms with Gasteiger partial charge in [0, 0.05) is 11.8 Å². The minimum Gasteiger partial charge on any atom is -0.463 e. The lowest BCUT2D eigenvalue weighted by Crippen LogP contribution is -2.61. The molecule has 198 valence electrons. The summed E-state index contributed by atoms with van der Waals surface area (Å²) < 4.78 is 26.9. The van der Waals surface area contributed by atoms with Gasteiger partial charge in [-0.3, -0.25) is 10.2 Å². The second kappa shape index (κ2) is 13.8. The highest BCUT2D eigenvalue weighted by Crippen LogP contribution is 2.34. The Morgan fingerprint density at radius 1 is 1.03 bits per heavy atom. The third-order valence-electron chi connectivity index (χ3n) is 5.31. The molecule has 1 N–H and O–H groups in total. The number of ether oxygens (including phenoxy) is 5. The molecule has 0 spiro atoms. The van der Waals surface area contributed by atoms with Crippen molar-refractivity contribution < 1.29 is 28.5 Å². The van der Waals surface area contributed by atoms with Crippen LogP contribution in [0, 0.1) is 5.41 Å². The first kappa shape index (κ1) is 29.0. The summed E-state index contributed by atoms with van der Waals surface area (Å²) in [6.07, 6.45) is -4.17. The number of rotatable bonds is 10. The summed E-state index contributed by atoms with van der Waals surface area (Å²) in [4.78, 5) is 14.5. The molecular weight excluding hydrogens is 547 g/mol. The molecule has 13 heteroatoms. The second-order valence-electron chi connectivity index (χ2n) is 8.01. The number of carbonyl (C=O) groups is 1. The van der Waals surface area contributed by atoms with Crippen LogP contribution in [0.2, 0.25) is 0 Å². The minimum atomic E-state index is -2.20. The summed E-state index contributed by atoms with van der Waals surface area (Å²) in [7, 11) is 0. The van der Waals surface area contributed by atoms with Gasteiger partial charge in [-0.1, -0.05) is 101 Å². The monoisotopic (exact) mass is 570 g/mol. The van der Waals surface area contributed by atoms with Gasteiger partial charge in [0.15, 0.2) is 0 Å². The number of hydrogen-bond donors (Lipinski definition) is 1. The van der Waals surface area contributed by atoms with Crippen molar-refractivity contribution in [1.29, 1.82) is 5.41 Å². The van der Waals surface area contributed by atoms with Gasteiger partial charge >= 0.3 is 5.97 Å². The molecule has 0 amide bonds. The van der Waals surface area contributed by atoms with Crippen molar-refractivity contribution in [3.05, 3.63) is 82.2 Å². The normalized spacial score (nSPS) is 23.5. The summed E-state index contributed by atoms with van der Waals surface area (Å²) in [5.41, 5.74) is 11.0. The minimum absolute atomic E-state index is 0.128. The molecule has 0 saturated carbocycles. The number of azide groups is 1. The van der Waals surface area contributed by atoms with E-state index in [4.69, 9.17) is 63.9 Å². The maximum Gasteiger partial charge on any atom is 0.302 e. The molecule has 1 heterocycles. The predicted octanol–water partition coefficient (Wildman–Crippen LogP) is 5.49. The third kappa shape index (κ3) is 8.76. The number of halogens is 3. The average molecular weight is 572 g/mol. The zero-order chi connectivity index (χ0) is 26.8. The highest BCUT2D eigenvalue weighted by molar-refractivity contribution is 6.76. The second-order valence-corrected chi connectivity index (χ2v) is 10.3. The molecule has 0 bridgehead atoms. The van der Waals surface area contributed by atoms with Gasteiger partial charge in [0.05, 0.1) is 13.2 Å². The smallest absolute Gasteiger partial charge is 0.302 e. The van der Waals surface area contributed by atoms with Crippen LogP contribution >= 0.6 is 34.8 Å². The first-order valence-electron chi connectivity index (χ1n) is 11.2. The standard InChI is InChI=1S/C24H25Cl3N4O6/c1-15(32)33-14-18-20(34-12-16-8-4-2-5-9-16)21(35-13-17-10-6-3-7-11-17)19(30-31-29)22(36-18)37-23(28)24(25,26)27/h2-11,18-22,28H,12-14H2,1H3/t18-,19-,20-,21-,22?/m1/s1. The van der Waals surface area contributed by atoms with Crippen molar-refractivity contribution in [2.45, 2.75) is 54.6 Å². The molecule has 1 aliphatic heterocycles. The molecule has 5 atom stereocenters. The number of esters is 1. The van der Waals surface area contributed by atoms with Crippen LogP contribution in [0.4, 0.5) is 0 Å². The van der Waals surface area contributed by atoms with E-state index >= 15 is 0 Å². The fourth-order valence-electron chi connectivity index (χ4n) is 3.61.